The topological polar surface area (TPSA) is 24.1 Å². The lowest BCUT2D eigenvalue weighted by Crippen LogP contribution is -2.55. The van der Waals surface area contributed by atoms with E-state index in [0.29, 0.717) is 6.04 Å². The predicted octanol–water partition coefficient (Wildman–Crippen LogP) is -0.266. The molecule has 0 aliphatic carbocycles. The monoisotopic (exact) mass is 112 g/mol. The van der Waals surface area contributed by atoms with Crippen LogP contribution in [-0.2, 0) is 0 Å². The molecule has 8 heavy (non-hydrogen) atoms. The lowest BCUT2D eigenvalue weighted by molar-refractivity contribution is 0.379. The Hall–Kier alpha value is -0.340. The van der Waals surface area contributed by atoms with E-state index >= 15 is 0 Å². The molecule has 46 valence electrons. The highest BCUT2D eigenvalue weighted by Crippen LogP contribution is 1.88. The van der Waals surface area contributed by atoms with E-state index in [1.54, 1.807) is 0 Å². The Labute approximate surface area is 50.0 Å². The minimum absolute atomic E-state index is 0.702. The zero-order valence-corrected chi connectivity index (χ0v) is 4.98. The third-order valence-electron chi connectivity index (χ3n) is 1.33. The average molecular weight is 112 g/mol. The van der Waals surface area contributed by atoms with Gasteiger partial charge >= 0.3 is 0 Å². The molecule has 1 fully saturated rings. The standard InChI is InChI=1S/C6H12N2/c1-2-3-8-6-4-7-5-6/h2,6-8H,1,3-5H2. The smallest absolute Gasteiger partial charge is 0.0320 e. The molecule has 2 nitrogen and oxygen atoms in total. The van der Waals surface area contributed by atoms with Crippen molar-refractivity contribution >= 4 is 0 Å². The number of nitrogens with one attached hydrogen (secondary N) is 2. The summed E-state index contributed by atoms with van der Waals surface area (Å²) in [7, 11) is 0. The molecular formula is C6H12N2. The molecule has 0 saturated carbocycles. The second-order valence-electron chi connectivity index (χ2n) is 2.05. The quantitative estimate of drug-likeness (QED) is 0.491. The van der Waals surface area contributed by atoms with Crippen LogP contribution < -0.4 is 10.6 Å². The number of rotatable bonds is 3. The molecule has 1 aliphatic rings. The van der Waals surface area contributed by atoms with Crippen LogP contribution >= 0.6 is 0 Å². The summed E-state index contributed by atoms with van der Waals surface area (Å²) in [5.74, 6) is 0. The Bertz CT molecular complexity index is 76.6. The van der Waals surface area contributed by atoms with Gasteiger partial charge in [-0.25, -0.2) is 0 Å². The molecule has 0 aromatic carbocycles. The highest BCUT2D eigenvalue weighted by atomic mass is 15.1. The van der Waals surface area contributed by atoms with Gasteiger partial charge in [0.2, 0.25) is 0 Å². The highest BCUT2D eigenvalue weighted by molar-refractivity contribution is 4.84. The first-order valence-corrected chi connectivity index (χ1v) is 2.98. The summed E-state index contributed by atoms with van der Waals surface area (Å²) in [6, 6.07) is 0.702. The van der Waals surface area contributed by atoms with Gasteiger partial charge in [-0.2, -0.15) is 0 Å². The summed E-state index contributed by atoms with van der Waals surface area (Å²) in [6.07, 6.45) is 1.89. The van der Waals surface area contributed by atoms with Gasteiger partial charge in [-0.1, -0.05) is 6.08 Å². The molecule has 1 rings (SSSR count). The first kappa shape index (κ1) is 5.79. The van der Waals surface area contributed by atoms with Crippen molar-refractivity contribution in [3.63, 3.8) is 0 Å². The minimum Gasteiger partial charge on any atom is -0.314 e. The Morgan fingerprint density at radius 2 is 2.50 bits per heavy atom. The molecule has 0 spiro atoms. The molecule has 0 atom stereocenters. The van der Waals surface area contributed by atoms with Gasteiger partial charge in [-0.3, -0.25) is 0 Å². The molecule has 0 radical (unpaired) electrons. The summed E-state index contributed by atoms with van der Waals surface area (Å²) in [5, 5.41) is 6.46. The molecule has 1 aliphatic heterocycles. The van der Waals surface area contributed by atoms with Crippen LogP contribution in [0.2, 0.25) is 0 Å². The average Bonchev–Trinajstić information content (AvgIpc) is 1.63. The third kappa shape index (κ3) is 1.32. The predicted molar refractivity (Wildman–Crippen MR) is 34.9 cm³/mol. The van der Waals surface area contributed by atoms with Crippen LogP contribution in [0, 0.1) is 0 Å². The zero-order valence-electron chi connectivity index (χ0n) is 4.98. The first-order chi connectivity index (χ1) is 3.93. The molecule has 0 amide bonds. The van der Waals surface area contributed by atoms with Crippen LogP contribution in [0.5, 0.6) is 0 Å². The molecule has 1 saturated heterocycles. The fraction of sp³-hybridized carbons (Fsp3) is 0.667. The van der Waals surface area contributed by atoms with Crippen LogP contribution in [0.15, 0.2) is 12.7 Å². The van der Waals surface area contributed by atoms with E-state index in [4.69, 9.17) is 0 Å². The molecule has 0 aromatic heterocycles. The fourth-order valence-corrected chi connectivity index (χ4v) is 0.683. The van der Waals surface area contributed by atoms with Crippen molar-refractivity contribution in [1.29, 1.82) is 0 Å². The Morgan fingerprint density at radius 3 is 2.88 bits per heavy atom. The van der Waals surface area contributed by atoms with E-state index in [1.165, 1.54) is 0 Å². The van der Waals surface area contributed by atoms with Crippen LogP contribution in [0.3, 0.4) is 0 Å². The summed E-state index contributed by atoms with van der Waals surface area (Å²) >= 11 is 0. The Morgan fingerprint density at radius 1 is 1.75 bits per heavy atom. The molecule has 0 bridgehead atoms. The van der Waals surface area contributed by atoms with Crippen molar-refractivity contribution in [2.45, 2.75) is 6.04 Å². The summed E-state index contributed by atoms with van der Waals surface area (Å²) in [6.45, 7) is 6.78. The van der Waals surface area contributed by atoms with E-state index in [9.17, 15) is 0 Å². The maximum Gasteiger partial charge on any atom is 0.0320 e. The summed E-state index contributed by atoms with van der Waals surface area (Å²) in [4.78, 5) is 0. The van der Waals surface area contributed by atoms with E-state index in [0.717, 1.165) is 19.6 Å². The van der Waals surface area contributed by atoms with Gasteiger partial charge < -0.3 is 10.6 Å². The molecule has 2 heteroatoms. The van der Waals surface area contributed by atoms with Crippen molar-refractivity contribution in [2.75, 3.05) is 19.6 Å². The third-order valence-corrected chi connectivity index (χ3v) is 1.33. The van der Waals surface area contributed by atoms with Gasteiger partial charge in [0.05, 0.1) is 0 Å². The van der Waals surface area contributed by atoms with Crippen molar-refractivity contribution in [1.82, 2.24) is 10.6 Å². The molecule has 0 unspecified atom stereocenters. The van der Waals surface area contributed by atoms with Crippen LogP contribution in [0.25, 0.3) is 0 Å². The van der Waals surface area contributed by atoms with Gasteiger partial charge in [0, 0.05) is 25.7 Å². The molecule has 0 aromatic rings. The van der Waals surface area contributed by atoms with Gasteiger partial charge in [0.25, 0.3) is 0 Å². The molecular weight excluding hydrogens is 100 g/mol. The van der Waals surface area contributed by atoms with E-state index in [-0.39, 0.29) is 0 Å². The summed E-state index contributed by atoms with van der Waals surface area (Å²) in [5.41, 5.74) is 0. The lowest BCUT2D eigenvalue weighted by atomic mass is 10.2. The van der Waals surface area contributed by atoms with Gasteiger partial charge in [-0.15, -0.1) is 6.58 Å². The van der Waals surface area contributed by atoms with E-state index < -0.39 is 0 Å². The zero-order chi connectivity index (χ0) is 5.82. The van der Waals surface area contributed by atoms with Crippen LogP contribution in [0.4, 0.5) is 0 Å². The van der Waals surface area contributed by atoms with Gasteiger partial charge in [-0.05, 0) is 0 Å². The van der Waals surface area contributed by atoms with Crippen molar-refractivity contribution in [2.24, 2.45) is 0 Å². The second-order valence-corrected chi connectivity index (χ2v) is 2.05. The van der Waals surface area contributed by atoms with Crippen molar-refractivity contribution in [3.05, 3.63) is 12.7 Å². The molecule has 1 heterocycles. The van der Waals surface area contributed by atoms with Crippen molar-refractivity contribution in [3.8, 4) is 0 Å². The SMILES string of the molecule is C=CCNC1CNC1. The second kappa shape index (κ2) is 2.84. The summed E-state index contributed by atoms with van der Waals surface area (Å²) < 4.78 is 0. The van der Waals surface area contributed by atoms with Gasteiger partial charge in [0.15, 0.2) is 0 Å². The minimum atomic E-state index is 0.702. The highest BCUT2D eigenvalue weighted by Gasteiger charge is 2.13. The fourth-order valence-electron chi connectivity index (χ4n) is 0.683. The normalized spacial score (nSPS) is 20.0. The van der Waals surface area contributed by atoms with E-state index in [2.05, 4.69) is 17.2 Å². The number of hydrogen-bond donors (Lipinski definition) is 2. The number of hydrogen-bond acceptors (Lipinski definition) is 2. The van der Waals surface area contributed by atoms with Gasteiger partial charge in [0.1, 0.15) is 0 Å². The largest absolute Gasteiger partial charge is 0.314 e. The van der Waals surface area contributed by atoms with Crippen LogP contribution in [0.1, 0.15) is 0 Å². The maximum atomic E-state index is 3.61. The van der Waals surface area contributed by atoms with Crippen LogP contribution in [-0.4, -0.2) is 25.7 Å². The molecule has 2 N–H and O–H groups in total. The maximum absolute atomic E-state index is 3.61. The van der Waals surface area contributed by atoms with Crippen molar-refractivity contribution < 1.29 is 0 Å². The lowest BCUT2D eigenvalue weighted by Gasteiger charge is -2.27. The Balaban J connectivity index is 1.93. The Kier molecular flexibility index (Phi) is 2.06. The first-order valence-electron chi connectivity index (χ1n) is 2.98. The van der Waals surface area contributed by atoms with E-state index in [1.807, 2.05) is 6.08 Å².